The minimum Gasteiger partial charge on any atom is -0.316 e. The lowest BCUT2D eigenvalue weighted by Gasteiger charge is -2.17. The van der Waals surface area contributed by atoms with Gasteiger partial charge in [-0.1, -0.05) is 46.3 Å². The number of urea groups is 1. The van der Waals surface area contributed by atoms with Gasteiger partial charge in [0, 0.05) is 23.2 Å². The fourth-order valence-electron chi connectivity index (χ4n) is 2.43. The summed E-state index contributed by atoms with van der Waals surface area (Å²) in [4.78, 5) is 14.2. The first-order valence-electron chi connectivity index (χ1n) is 6.53. The number of rotatable bonds is 1. The van der Waals surface area contributed by atoms with E-state index in [1.807, 2.05) is 48.2 Å². The zero-order valence-electron chi connectivity index (χ0n) is 11.2. The number of anilines is 1. The molecular formula is C16H15BrN2O. The summed E-state index contributed by atoms with van der Waals surface area (Å²) < 4.78 is 1.07. The number of nitrogens with zero attached hydrogens (tertiary/aromatic N) is 1. The van der Waals surface area contributed by atoms with E-state index in [1.165, 1.54) is 11.1 Å². The van der Waals surface area contributed by atoms with E-state index in [1.54, 1.807) is 0 Å². The Balaban J connectivity index is 1.75. The first-order chi connectivity index (χ1) is 9.65. The van der Waals surface area contributed by atoms with Crippen molar-refractivity contribution in [2.24, 2.45) is 0 Å². The number of nitrogens with one attached hydrogen (secondary N) is 1. The highest BCUT2D eigenvalue weighted by atomic mass is 79.9. The maximum atomic E-state index is 12.3. The second-order valence-electron chi connectivity index (χ2n) is 4.98. The third kappa shape index (κ3) is 2.43. The minimum absolute atomic E-state index is 0.0533. The van der Waals surface area contributed by atoms with Gasteiger partial charge in [0.15, 0.2) is 0 Å². The fraction of sp³-hybridized carbons (Fsp3) is 0.188. The molecule has 1 aliphatic rings. The Hall–Kier alpha value is -1.81. The molecule has 0 aromatic heterocycles. The van der Waals surface area contributed by atoms with Crippen molar-refractivity contribution in [3.8, 4) is 0 Å². The molecule has 20 heavy (non-hydrogen) atoms. The van der Waals surface area contributed by atoms with E-state index in [9.17, 15) is 4.79 Å². The normalized spacial score (nSPS) is 13.2. The molecule has 0 radical (unpaired) electrons. The Morgan fingerprint density at radius 1 is 1.15 bits per heavy atom. The van der Waals surface area contributed by atoms with Gasteiger partial charge >= 0.3 is 6.03 Å². The van der Waals surface area contributed by atoms with Gasteiger partial charge < -0.3 is 10.2 Å². The predicted molar refractivity (Wildman–Crippen MR) is 83.6 cm³/mol. The lowest BCUT2D eigenvalue weighted by Crippen LogP contribution is -2.30. The van der Waals surface area contributed by atoms with E-state index < -0.39 is 0 Å². The number of aryl methyl sites for hydroxylation is 1. The van der Waals surface area contributed by atoms with Gasteiger partial charge in [-0.3, -0.25) is 0 Å². The van der Waals surface area contributed by atoms with Crippen LogP contribution in [0.2, 0.25) is 0 Å². The molecule has 1 heterocycles. The van der Waals surface area contributed by atoms with Gasteiger partial charge in [0.25, 0.3) is 0 Å². The fourth-order valence-corrected chi connectivity index (χ4v) is 2.96. The molecule has 3 rings (SSSR count). The zero-order chi connectivity index (χ0) is 14.1. The van der Waals surface area contributed by atoms with Crippen LogP contribution in [-0.4, -0.2) is 10.9 Å². The van der Waals surface area contributed by atoms with Crippen molar-refractivity contribution in [3.05, 3.63) is 63.6 Å². The molecule has 0 aliphatic carbocycles. The highest BCUT2D eigenvalue weighted by molar-refractivity contribution is 9.10. The summed E-state index contributed by atoms with van der Waals surface area (Å²) >= 11 is 3.54. The molecule has 2 aromatic carbocycles. The van der Waals surface area contributed by atoms with Crippen molar-refractivity contribution in [1.29, 1.82) is 0 Å². The molecule has 0 saturated carbocycles. The topological polar surface area (TPSA) is 32.3 Å². The predicted octanol–water partition coefficient (Wildman–Crippen LogP) is 4.31. The van der Waals surface area contributed by atoms with Gasteiger partial charge in [0.2, 0.25) is 0 Å². The van der Waals surface area contributed by atoms with Crippen molar-refractivity contribution in [2.45, 2.75) is 20.0 Å². The van der Waals surface area contributed by atoms with Crippen molar-refractivity contribution in [3.63, 3.8) is 0 Å². The molecule has 0 atom stereocenters. The molecule has 0 spiro atoms. The summed E-state index contributed by atoms with van der Waals surface area (Å²) in [5.41, 5.74) is 4.35. The molecule has 2 aromatic rings. The lowest BCUT2D eigenvalue weighted by atomic mass is 10.1. The van der Waals surface area contributed by atoms with Gasteiger partial charge in [-0.2, -0.15) is 0 Å². The monoisotopic (exact) mass is 330 g/mol. The number of amides is 2. The minimum atomic E-state index is -0.0533. The summed E-state index contributed by atoms with van der Waals surface area (Å²) in [5.74, 6) is 0. The number of carbonyl (C=O) groups excluding carboxylic acids is 1. The molecule has 0 fully saturated rings. The van der Waals surface area contributed by atoms with E-state index in [2.05, 4.69) is 27.3 Å². The van der Waals surface area contributed by atoms with Gasteiger partial charge in [-0.05, 0) is 35.7 Å². The molecule has 0 saturated heterocycles. The Morgan fingerprint density at radius 3 is 2.70 bits per heavy atom. The zero-order valence-corrected chi connectivity index (χ0v) is 12.8. The average Bonchev–Trinajstić information content (AvgIpc) is 2.87. The van der Waals surface area contributed by atoms with E-state index >= 15 is 0 Å². The standard InChI is InChI=1S/C16H15BrN2O/c1-11-5-2-3-8-15(11)18-16(20)19-9-12-6-4-7-14(17)13(12)10-19/h2-8H,9-10H2,1H3,(H,18,20). The highest BCUT2D eigenvalue weighted by Crippen LogP contribution is 2.29. The number of para-hydroxylation sites is 1. The number of carbonyl (C=O) groups is 1. The molecule has 2 amide bonds. The van der Waals surface area contributed by atoms with Crippen LogP contribution in [0.1, 0.15) is 16.7 Å². The van der Waals surface area contributed by atoms with Crippen LogP contribution >= 0.6 is 15.9 Å². The van der Waals surface area contributed by atoms with Crippen molar-refractivity contribution in [2.75, 3.05) is 5.32 Å². The Kier molecular flexibility index (Phi) is 3.49. The number of hydrogen-bond acceptors (Lipinski definition) is 1. The van der Waals surface area contributed by atoms with E-state index in [0.29, 0.717) is 13.1 Å². The van der Waals surface area contributed by atoms with E-state index in [4.69, 9.17) is 0 Å². The van der Waals surface area contributed by atoms with Gasteiger partial charge in [-0.15, -0.1) is 0 Å². The Morgan fingerprint density at radius 2 is 1.95 bits per heavy atom. The molecule has 102 valence electrons. The van der Waals surface area contributed by atoms with Crippen molar-refractivity contribution >= 4 is 27.6 Å². The van der Waals surface area contributed by atoms with Gasteiger partial charge in [0.05, 0.1) is 0 Å². The summed E-state index contributed by atoms with van der Waals surface area (Å²) in [6.07, 6.45) is 0. The van der Waals surface area contributed by atoms with Crippen LogP contribution in [0.25, 0.3) is 0 Å². The van der Waals surface area contributed by atoms with Crippen LogP contribution in [0.4, 0.5) is 10.5 Å². The van der Waals surface area contributed by atoms with Crippen LogP contribution in [0.15, 0.2) is 46.9 Å². The molecule has 1 aliphatic heterocycles. The van der Waals surface area contributed by atoms with Gasteiger partial charge in [-0.25, -0.2) is 4.79 Å². The SMILES string of the molecule is Cc1ccccc1NC(=O)N1Cc2cccc(Br)c2C1. The summed E-state index contributed by atoms with van der Waals surface area (Å²) in [7, 11) is 0. The molecule has 3 nitrogen and oxygen atoms in total. The second-order valence-corrected chi connectivity index (χ2v) is 5.83. The van der Waals surface area contributed by atoms with Crippen LogP contribution in [0.5, 0.6) is 0 Å². The molecule has 0 unspecified atom stereocenters. The third-order valence-electron chi connectivity index (χ3n) is 3.60. The number of halogens is 1. The first kappa shape index (κ1) is 13.2. The molecule has 0 bridgehead atoms. The Bertz CT molecular complexity index is 669. The summed E-state index contributed by atoms with van der Waals surface area (Å²) in [6.45, 7) is 3.30. The summed E-state index contributed by atoms with van der Waals surface area (Å²) in [5, 5.41) is 2.98. The Labute approximate surface area is 126 Å². The number of fused-ring (bicyclic) bond motifs is 1. The van der Waals surface area contributed by atoms with Crippen LogP contribution in [-0.2, 0) is 13.1 Å². The molecule has 4 heteroatoms. The van der Waals surface area contributed by atoms with Crippen molar-refractivity contribution in [1.82, 2.24) is 4.90 Å². The first-order valence-corrected chi connectivity index (χ1v) is 7.32. The average molecular weight is 331 g/mol. The van der Waals surface area contributed by atoms with E-state index in [-0.39, 0.29) is 6.03 Å². The van der Waals surface area contributed by atoms with Crippen LogP contribution < -0.4 is 5.32 Å². The van der Waals surface area contributed by atoms with Gasteiger partial charge in [0.1, 0.15) is 0 Å². The second kappa shape index (κ2) is 5.29. The summed E-state index contributed by atoms with van der Waals surface area (Å²) in [6, 6.07) is 13.8. The maximum Gasteiger partial charge on any atom is 0.322 e. The number of hydrogen-bond donors (Lipinski definition) is 1. The lowest BCUT2D eigenvalue weighted by molar-refractivity contribution is 0.212. The largest absolute Gasteiger partial charge is 0.322 e. The van der Waals surface area contributed by atoms with Crippen molar-refractivity contribution < 1.29 is 4.79 Å². The molecular weight excluding hydrogens is 316 g/mol. The number of benzene rings is 2. The van der Waals surface area contributed by atoms with Crippen LogP contribution in [0.3, 0.4) is 0 Å². The smallest absolute Gasteiger partial charge is 0.316 e. The highest BCUT2D eigenvalue weighted by Gasteiger charge is 2.24. The third-order valence-corrected chi connectivity index (χ3v) is 4.34. The molecule has 1 N–H and O–H groups in total. The van der Waals surface area contributed by atoms with Crippen LogP contribution in [0, 0.1) is 6.92 Å². The van der Waals surface area contributed by atoms with E-state index in [0.717, 1.165) is 15.7 Å². The quantitative estimate of drug-likeness (QED) is 0.830. The maximum absolute atomic E-state index is 12.3.